The average Bonchev–Trinajstić information content (AvgIpc) is 3.23. The quantitative estimate of drug-likeness (QED) is 0.295. The monoisotopic (exact) mass is 476 g/mol. The van der Waals surface area contributed by atoms with Crippen LogP contribution in [0.5, 0.6) is 5.75 Å². The van der Waals surface area contributed by atoms with Gasteiger partial charge in [-0.25, -0.2) is 9.78 Å². The number of nitrogens with zero attached hydrogens (tertiary/aromatic N) is 2. The van der Waals surface area contributed by atoms with Gasteiger partial charge in [0.05, 0.1) is 35.6 Å². The summed E-state index contributed by atoms with van der Waals surface area (Å²) in [5.41, 5.74) is 2.98. The van der Waals surface area contributed by atoms with Crippen LogP contribution in [0.1, 0.15) is 75.1 Å². The van der Waals surface area contributed by atoms with Crippen LogP contribution in [0.3, 0.4) is 0 Å². The highest BCUT2D eigenvalue weighted by Gasteiger charge is 2.45. The standard InChI is InChI=1S/C28H32N2O5/c1-4-7-8-9-12-34-17-10-11-23-19(13-17)18(5-2)20-15-30-24(25(20)29-23)14-22-21(26(30)31)16-35-27(32)28(22,33)6-3/h10-11,13-14,33H,4-9,12,15-16H2,1-3H3/t28-/m0/s1. The fourth-order valence-corrected chi connectivity index (χ4v) is 5.35. The summed E-state index contributed by atoms with van der Waals surface area (Å²) in [4.78, 5) is 30.8. The van der Waals surface area contributed by atoms with Crippen molar-refractivity contribution in [2.45, 2.75) is 78.0 Å². The van der Waals surface area contributed by atoms with E-state index in [1.165, 1.54) is 19.3 Å². The molecule has 5 rings (SSSR count). The fourth-order valence-electron chi connectivity index (χ4n) is 5.35. The molecule has 0 bridgehead atoms. The number of rotatable bonds is 8. The molecule has 0 aliphatic carbocycles. The topological polar surface area (TPSA) is 90.7 Å². The average molecular weight is 477 g/mol. The van der Waals surface area contributed by atoms with Crippen LogP contribution in [0, 0.1) is 0 Å². The van der Waals surface area contributed by atoms with Gasteiger partial charge in [-0.1, -0.05) is 40.0 Å². The van der Waals surface area contributed by atoms with Gasteiger partial charge in [-0.05, 0) is 49.1 Å². The Kier molecular flexibility index (Phi) is 6.13. The van der Waals surface area contributed by atoms with Gasteiger partial charge in [0.15, 0.2) is 5.60 Å². The second kappa shape index (κ2) is 9.11. The van der Waals surface area contributed by atoms with Gasteiger partial charge in [-0.3, -0.25) is 4.79 Å². The molecule has 1 N–H and O–H groups in total. The van der Waals surface area contributed by atoms with Crippen molar-refractivity contribution in [1.29, 1.82) is 0 Å². The van der Waals surface area contributed by atoms with Gasteiger partial charge >= 0.3 is 5.97 Å². The number of pyridine rings is 2. The summed E-state index contributed by atoms with van der Waals surface area (Å²) in [6.07, 6.45) is 5.53. The van der Waals surface area contributed by atoms with Crippen LogP contribution in [0.15, 0.2) is 29.1 Å². The van der Waals surface area contributed by atoms with Gasteiger partial charge in [-0.2, -0.15) is 0 Å². The number of esters is 1. The number of benzene rings is 1. The van der Waals surface area contributed by atoms with Crippen molar-refractivity contribution in [3.8, 4) is 17.1 Å². The van der Waals surface area contributed by atoms with Crippen molar-refractivity contribution in [2.75, 3.05) is 6.61 Å². The molecule has 2 aliphatic rings. The summed E-state index contributed by atoms with van der Waals surface area (Å²) in [7, 11) is 0. The van der Waals surface area contributed by atoms with Crippen molar-refractivity contribution < 1.29 is 19.4 Å². The Morgan fingerprint density at radius 3 is 2.69 bits per heavy atom. The van der Waals surface area contributed by atoms with E-state index < -0.39 is 11.6 Å². The highest BCUT2D eigenvalue weighted by molar-refractivity contribution is 5.90. The molecule has 2 aromatic heterocycles. The van der Waals surface area contributed by atoms with Crippen LogP contribution in [0.4, 0.5) is 0 Å². The third kappa shape index (κ3) is 3.73. The van der Waals surface area contributed by atoms with E-state index in [0.29, 0.717) is 30.0 Å². The zero-order valence-corrected chi connectivity index (χ0v) is 20.6. The maximum Gasteiger partial charge on any atom is 0.343 e. The van der Waals surface area contributed by atoms with Gasteiger partial charge in [0.25, 0.3) is 5.56 Å². The molecule has 0 fully saturated rings. The van der Waals surface area contributed by atoms with Gasteiger partial charge < -0.3 is 19.1 Å². The molecule has 0 saturated carbocycles. The Labute approximate surface area is 204 Å². The second-order valence-corrected chi connectivity index (χ2v) is 9.46. The first-order valence-corrected chi connectivity index (χ1v) is 12.7. The number of aryl methyl sites for hydroxylation is 1. The highest BCUT2D eigenvalue weighted by Crippen LogP contribution is 2.40. The number of unbranched alkanes of at least 4 members (excludes halogenated alkanes) is 3. The lowest BCUT2D eigenvalue weighted by atomic mass is 9.86. The molecule has 3 aromatic rings. The summed E-state index contributed by atoms with van der Waals surface area (Å²) in [6.45, 7) is 6.98. The van der Waals surface area contributed by atoms with Crippen LogP contribution in [0.25, 0.3) is 22.3 Å². The highest BCUT2D eigenvalue weighted by atomic mass is 16.6. The van der Waals surface area contributed by atoms with Crippen molar-refractivity contribution in [2.24, 2.45) is 0 Å². The molecule has 0 radical (unpaired) electrons. The van der Waals surface area contributed by atoms with Gasteiger partial charge in [0.2, 0.25) is 0 Å². The minimum atomic E-state index is -1.82. The van der Waals surface area contributed by atoms with E-state index >= 15 is 0 Å². The number of aliphatic hydroxyl groups is 1. The first-order chi connectivity index (χ1) is 16.9. The summed E-state index contributed by atoms with van der Waals surface area (Å²) in [5.74, 6) is 0.121. The molecule has 0 saturated heterocycles. The number of hydrogen-bond acceptors (Lipinski definition) is 6. The fraction of sp³-hybridized carbons (Fsp3) is 0.464. The lowest BCUT2D eigenvalue weighted by Gasteiger charge is -2.31. The second-order valence-electron chi connectivity index (χ2n) is 9.46. The number of fused-ring (bicyclic) bond motifs is 5. The van der Waals surface area contributed by atoms with Crippen LogP contribution in [-0.4, -0.2) is 27.2 Å². The van der Waals surface area contributed by atoms with E-state index in [-0.39, 0.29) is 18.6 Å². The summed E-state index contributed by atoms with van der Waals surface area (Å²) in [5, 5.41) is 12.1. The molecular weight excluding hydrogens is 444 g/mol. The van der Waals surface area contributed by atoms with Crippen LogP contribution in [0.2, 0.25) is 0 Å². The molecule has 184 valence electrons. The Morgan fingerprint density at radius 1 is 1.11 bits per heavy atom. The summed E-state index contributed by atoms with van der Waals surface area (Å²) < 4.78 is 12.9. The predicted octanol–water partition coefficient (Wildman–Crippen LogP) is 4.60. The third-order valence-corrected chi connectivity index (χ3v) is 7.40. The molecule has 35 heavy (non-hydrogen) atoms. The van der Waals surface area contributed by atoms with E-state index in [1.807, 2.05) is 12.1 Å². The molecule has 0 unspecified atom stereocenters. The molecular formula is C28H32N2O5. The van der Waals surface area contributed by atoms with Crippen LogP contribution >= 0.6 is 0 Å². The van der Waals surface area contributed by atoms with E-state index in [9.17, 15) is 14.7 Å². The van der Waals surface area contributed by atoms with E-state index in [1.54, 1.807) is 17.6 Å². The number of ether oxygens (including phenoxy) is 2. The first kappa shape index (κ1) is 23.5. The minimum Gasteiger partial charge on any atom is -0.494 e. The number of carbonyl (C=O) groups excluding carboxylic acids is 1. The molecule has 7 heteroatoms. The maximum atomic E-state index is 13.4. The molecule has 2 aliphatic heterocycles. The van der Waals surface area contributed by atoms with Crippen LogP contribution in [-0.2, 0) is 34.7 Å². The van der Waals surface area contributed by atoms with E-state index in [2.05, 4.69) is 19.9 Å². The van der Waals surface area contributed by atoms with Gasteiger partial charge in [0, 0.05) is 16.5 Å². The number of aromatic nitrogens is 2. The lowest BCUT2D eigenvalue weighted by Crippen LogP contribution is -2.44. The van der Waals surface area contributed by atoms with Crippen LogP contribution < -0.4 is 10.3 Å². The smallest absolute Gasteiger partial charge is 0.343 e. The summed E-state index contributed by atoms with van der Waals surface area (Å²) in [6, 6.07) is 7.73. The normalized spacial score (nSPS) is 18.2. The SMILES string of the molecule is CCCCCCOc1ccc2nc3c(c(CC)c2c1)Cn1c-3cc2c(c1=O)COC(=O)[C@]2(O)CC. The van der Waals surface area contributed by atoms with Crippen molar-refractivity contribution in [1.82, 2.24) is 9.55 Å². The van der Waals surface area contributed by atoms with Gasteiger partial charge in [-0.15, -0.1) is 0 Å². The first-order valence-electron chi connectivity index (χ1n) is 12.7. The van der Waals surface area contributed by atoms with Crippen molar-refractivity contribution in [3.63, 3.8) is 0 Å². The number of carbonyl (C=O) groups is 1. The minimum absolute atomic E-state index is 0.124. The lowest BCUT2D eigenvalue weighted by molar-refractivity contribution is -0.172. The van der Waals surface area contributed by atoms with Gasteiger partial charge in [0.1, 0.15) is 12.4 Å². The van der Waals surface area contributed by atoms with E-state index in [0.717, 1.165) is 46.3 Å². The van der Waals surface area contributed by atoms with Crippen molar-refractivity contribution in [3.05, 3.63) is 56.9 Å². The molecule has 0 amide bonds. The number of cyclic esters (lactones) is 1. The molecule has 7 nitrogen and oxygen atoms in total. The zero-order valence-electron chi connectivity index (χ0n) is 20.6. The van der Waals surface area contributed by atoms with Crippen molar-refractivity contribution >= 4 is 16.9 Å². The Balaban J connectivity index is 1.59. The number of hydrogen-bond donors (Lipinski definition) is 1. The Hall–Kier alpha value is -3.19. The maximum absolute atomic E-state index is 13.4. The predicted molar refractivity (Wildman–Crippen MR) is 134 cm³/mol. The molecule has 1 aromatic carbocycles. The molecule has 0 spiro atoms. The molecule has 1 atom stereocenters. The largest absolute Gasteiger partial charge is 0.494 e. The zero-order chi connectivity index (χ0) is 24.7. The van der Waals surface area contributed by atoms with E-state index in [4.69, 9.17) is 14.5 Å². The molecule has 4 heterocycles. The Morgan fingerprint density at radius 2 is 1.94 bits per heavy atom. The third-order valence-electron chi connectivity index (χ3n) is 7.40. The Bertz CT molecular complexity index is 1380. The summed E-state index contributed by atoms with van der Waals surface area (Å²) >= 11 is 0.